The van der Waals surface area contributed by atoms with Gasteiger partial charge in [0.15, 0.2) is 6.73 Å². The number of aryl methyl sites for hydroxylation is 1. The van der Waals surface area contributed by atoms with Crippen LogP contribution in [0.5, 0.6) is 11.5 Å². The van der Waals surface area contributed by atoms with E-state index in [0.717, 1.165) is 66.7 Å². The molecule has 0 N–H and O–H groups in total. The highest BCUT2D eigenvalue weighted by Crippen LogP contribution is 2.40. The van der Waals surface area contributed by atoms with E-state index in [1.165, 1.54) is 0 Å². The van der Waals surface area contributed by atoms with Crippen molar-refractivity contribution in [2.75, 3.05) is 18.2 Å². The SMILES string of the molecule is CCCCOc1ccc(N2COc3c(Cl)cc4c(CCCC)cc(=O)oc4c3C2)cc1. The Balaban J connectivity index is 1.65. The predicted molar refractivity (Wildman–Crippen MR) is 125 cm³/mol. The third-order valence-electron chi connectivity index (χ3n) is 5.60. The van der Waals surface area contributed by atoms with Crippen LogP contribution in [-0.4, -0.2) is 13.3 Å². The number of fused-ring (bicyclic) bond motifs is 3. The van der Waals surface area contributed by atoms with Crippen LogP contribution < -0.4 is 20.0 Å². The fourth-order valence-corrected chi connectivity index (χ4v) is 4.16. The summed E-state index contributed by atoms with van der Waals surface area (Å²) >= 11 is 6.56. The first-order valence-electron chi connectivity index (χ1n) is 11.0. The smallest absolute Gasteiger partial charge is 0.336 e. The molecule has 0 saturated heterocycles. The van der Waals surface area contributed by atoms with Gasteiger partial charge in [0.1, 0.15) is 17.1 Å². The Bertz CT molecular complexity index is 1110. The summed E-state index contributed by atoms with van der Waals surface area (Å²) in [5.74, 6) is 1.45. The van der Waals surface area contributed by atoms with Crippen molar-refractivity contribution in [1.29, 1.82) is 0 Å². The van der Waals surface area contributed by atoms with E-state index >= 15 is 0 Å². The summed E-state index contributed by atoms with van der Waals surface area (Å²) in [5, 5.41) is 1.44. The number of halogens is 1. The van der Waals surface area contributed by atoms with E-state index in [-0.39, 0.29) is 5.63 Å². The van der Waals surface area contributed by atoms with E-state index in [9.17, 15) is 4.79 Å². The van der Waals surface area contributed by atoms with Crippen molar-refractivity contribution in [3.63, 3.8) is 0 Å². The van der Waals surface area contributed by atoms with Gasteiger partial charge in [-0.3, -0.25) is 0 Å². The summed E-state index contributed by atoms with van der Waals surface area (Å²) in [6.07, 6.45) is 5.02. The standard InChI is InChI=1S/C25H28ClNO4/c1-3-5-7-17-13-23(28)31-24-20(17)14-22(26)25-21(24)15-27(16-30-25)18-8-10-19(11-9-18)29-12-6-4-2/h8-11,13-14H,3-7,12,15-16H2,1-2H3. The number of rotatable bonds is 8. The molecule has 31 heavy (non-hydrogen) atoms. The lowest BCUT2D eigenvalue weighted by Crippen LogP contribution is -2.32. The third-order valence-corrected chi connectivity index (χ3v) is 5.88. The van der Waals surface area contributed by atoms with Crippen molar-refractivity contribution < 1.29 is 13.9 Å². The molecule has 0 spiro atoms. The maximum absolute atomic E-state index is 12.3. The van der Waals surface area contributed by atoms with Gasteiger partial charge in [-0.1, -0.05) is 38.3 Å². The second-order valence-electron chi connectivity index (χ2n) is 7.90. The summed E-state index contributed by atoms with van der Waals surface area (Å²) in [6, 6.07) is 11.4. The predicted octanol–water partition coefficient (Wildman–Crippen LogP) is 6.32. The maximum atomic E-state index is 12.3. The zero-order chi connectivity index (χ0) is 21.8. The van der Waals surface area contributed by atoms with Gasteiger partial charge in [-0.2, -0.15) is 0 Å². The van der Waals surface area contributed by atoms with Gasteiger partial charge in [0.2, 0.25) is 0 Å². The Kier molecular flexibility index (Phi) is 6.71. The van der Waals surface area contributed by atoms with E-state index in [1.54, 1.807) is 6.07 Å². The first-order valence-corrected chi connectivity index (χ1v) is 11.4. The van der Waals surface area contributed by atoms with Gasteiger partial charge in [-0.25, -0.2) is 4.79 Å². The van der Waals surface area contributed by atoms with Crippen LogP contribution in [0, 0.1) is 0 Å². The lowest BCUT2D eigenvalue weighted by molar-refractivity contribution is 0.289. The fraction of sp³-hybridized carbons (Fsp3) is 0.400. The molecule has 0 fully saturated rings. The minimum atomic E-state index is -0.339. The average Bonchev–Trinajstić information content (AvgIpc) is 2.78. The minimum absolute atomic E-state index is 0.339. The Morgan fingerprint density at radius 2 is 1.87 bits per heavy atom. The molecule has 2 aromatic carbocycles. The molecule has 3 aromatic rings. The van der Waals surface area contributed by atoms with Crippen molar-refractivity contribution in [2.24, 2.45) is 0 Å². The van der Waals surface area contributed by atoms with Crippen LogP contribution >= 0.6 is 11.6 Å². The molecule has 5 nitrogen and oxygen atoms in total. The molecular formula is C25H28ClNO4. The van der Waals surface area contributed by atoms with Gasteiger partial charge in [0.05, 0.1) is 23.7 Å². The van der Waals surface area contributed by atoms with E-state index in [1.807, 2.05) is 30.3 Å². The first-order chi connectivity index (χ1) is 15.1. The zero-order valence-electron chi connectivity index (χ0n) is 18.1. The first kappa shape index (κ1) is 21.6. The summed E-state index contributed by atoms with van der Waals surface area (Å²) in [7, 11) is 0. The minimum Gasteiger partial charge on any atom is -0.494 e. The molecule has 0 amide bonds. The second kappa shape index (κ2) is 9.65. The molecule has 1 aliphatic heterocycles. The van der Waals surface area contributed by atoms with E-state index in [0.29, 0.717) is 29.6 Å². The average molecular weight is 442 g/mol. The van der Waals surface area contributed by atoms with Gasteiger partial charge in [0.25, 0.3) is 0 Å². The number of nitrogens with zero attached hydrogens (tertiary/aromatic N) is 1. The van der Waals surface area contributed by atoms with Crippen LogP contribution in [0.4, 0.5) is 5.69 Å². The highest BCUT2D eigenvalue weighted by molar-refractivity contribution is 6.33. The van der Waals surface area contributed by atoms with E-state index in [2.05, 4.69) is 18.7 Å². The molecule has 6 heteroatoms. The molecule has 0 unspecified atom stereocenters. The van der Waals surface area contributed by atoms with Crippen LogP contribution in [0.25, 0.3) is 11.0 Å². The number of hydrogen-bond acceptors (Lipinski definition) is 5. The molecule has 0 bridgehead atoms. The fourth-order valence-electron chi connectivity index (χ4n) is 3.88. The van der Waals surface area contributed by atoms with Crippen molar-refractivity contribution in [3.05, 3.63) is 63.0 Å². The highest BCUT2D eigenvalue weighted by atomic mass is 35.5. The van der Waals surface area contributed by atoms with Crippen LogP contribution in [0.15, 0.2) is 45.6 Å². The van der Waals surface area contributed by atoms with Gasteiger partial charge >= 0.3 is 5.63 Å². The summed E-state index contributed by atoms with van der Waals surface area (Å²) < 4.78 is 17.4. The zero-order valence-corrected chi connectivity index (χ0v) is 18.8. The van der Waals surface area contributed by atoms with Gasteiger partial charge in [-0.15, -0.1) is 0 Å². The Labute approximate surface area is 187 Å². The van der Waals surface area contributed by atoms with Crippen molar-refractivity contribution in [2.45, 2.75) is 52.5 Å². The lowest BCUT2D eigenvalue weighted by Gasteiger charge is -2.31. The van der Waals surface area contributed by atoms with E-state index < -0.39 is 0 Å². The van der Waals surface area contributed by atoms with Gasteiger partial charge in [-0.05, 0) is 55.2 Å². The maximum Gasteiger partial charge on any atom is 0.336 e. The lowest BCUT2D eigenvalue weighted by atomic mass is 10.0. The van der Waals surface area contributed by atoms with Crippen molar-refractivity contribution >= 4 is 28.3 Å². The van der Waals surface area contributed by atoms with Crippen LogP contribution in [-0.2, 0) is 13.0 Å². The molecule has 4 rings (SSSR count). The molecule has 1 aliphatic rings. The Hall–Kier alpha value is -2.66. The highest BCUT2D eigenvalue weighted by Gasteiger charge is 2.25. The molecular weight excluding hydrogens is 414 g/mol. The normalized spacial score (nSPS) is 13.2. The molecule has 0 saturated carbocycles. The Morgan fingerprint density at radius 3 is 2.61 bits per heavy atom. The van der Waals surface area contributed by atoms with E-state index in [4.69, 9.17) is 25.5 Å². The van der Waals surface area contributed by atoms with Crippen molar-refractivity contribution in [1.82, 2.24) is 0 Å². The second-order valence-corrected chi connectivity index (χ2v) is 8.31. The summed E-state index contributed by atoms with van der Waals surface area (Å²) in [6.45, 7) is 5.91. The number of benzene rings is 2. The molecule has 0 aliphatic carbocycles. The monoisotopic (exact) mass is 441 g/mol. The topological polar surface area (TPSA) is 51.9 Å². The number of hydrogen-bond donors (Lipinski definition) is 0. The van der Waals surface area contributed by atoms with Crippen LogP contribution in [0.2, 0.25) is 5.02 Å². The quantitative estimate of drug-likeness (QED) is 0.302. The van der Waals surface area contributed by atoms with Crippen LogP contribution in [0.3, 0.4) is 0 Å². The molecule has 0 radical (unpaired) electrons. The summed E-state index contributed by atoms with van der Waals surface area (Å²) in [4.78, 5) is 14.4. The molecule has 164 valence electrons. The Morgan fingerprint density at radius 1 is 1.10 bits per heavy atom. The third kappa shape index (κ3) is 4.67. The van der Waals surface area contributed by atoms with Crippen LogP contribution in [0.1, 0.15) is 50.7 Å². The summed E-state index contributed by atoms with van der Waals surface area (Å²) in [5.41, 5.74) is 3.03. The van der Waals surface area contributed by atoms with Crippen molar-refractivity contribution in [3.8, 4) is 11.5 Å². The van der Waals surface area contributed by atoms with Gasteiger partial charge < -0.3 is 18.8 Å². The molecule has 2 heterocycles. The molecule has 0 atom stereocenters. The van der Waals surface area contributed by atoms with Gasteiger partial charge in [0, 0.05) is 17.1 Å². The number of anilines is 1. The number of unbranched alkanes of at least 4 members (excludes halogenated alkanes) is 2. The molecule has 1 aromatic heterocycles. The largest absolute Gasteiger partial charge is 0.494 e. The number of ether oxygens (including phenoxy) is 2.